The minimum Gasteiger partial charge on any atom is -0.497 e. The molecule has 0 saturated carbocycles. The molecule has 1 unspecified atom stereocenters. The van der Waals surface area contributed by atoms with Gasteiger partial charge in [0.25, 0.3) is 0 Å². The van der Waals surface area contributed by atoms with E-state index >= 15 is 0 Å². The van der Waals surface area contributed by atoms with Crippen LogP contribution in [0, 0.1) is 5.92 Å². The van der Waals surface area contributed by atoms with Crippen LogP contribution in [0.1, 0.15) is 31.2 Å². The summed E-state index contributed by atoms with van der Waals surface area (Å²) in [5.41, 5.74) is 1.19. The standard InChI is InChI=1S/C28H32O5S2/c1-33-23-16-18-25(19-17-23)35(31,32)27(15-9-8-12-22-10-4-2-5-11-22)26(28(29)30)20-21-34-24-13-6-3-7-14-24/h2-7,10-11,13-14,16-19,26-27H,8-9,12,15,20-21H2,1H3,(H,29,30)/t26?,27-/m1/s1. The van der Waals surface area contributed by atoms with E-state index in [-0.39, 0.29) is 11.3 Å². The first kappa shape index (κ1) is 26.8. The van der Waals surface area contributed by atoms with Gasteiger partial charge in [0.1, 0.15) is 5.75 Å². The molecular weight excluding hydrogens is 480 g/mol. The van der Waals surface area contributed by atoms with Crippen molar-refractivity contribution in [1.29, 1.82) is 0 Å². The summed E-state index contributed by atoms with van der Waals surface area (Å²) < 4.78 is 32.5. The second-order valence-electron chi connectivity index (χ2n) is 8.39. The normalized spacial score (nSPS) is 13.2. The summed E-state index contributed by atoms with van der Waals surface area (Å²) >= 11 is 1.55. The number of aryl methyl sites for hydroxylation is 1. The molecule has 0 bridgehead atoms. The van der Waals surface area contributed by atoms with Gasteiger partial charge >= 0.3 is 5.97 Å². The van der Waals surface area contributed by atoms with Crippen molar-refractivity contribution < 1.29 is 23.1 Å². The van der Waals surface area contributed by atoms with Crippen LogP contribution >= 0.6 is 11.8 Å². The van der Waals surface area contributed by atoms with Crippen LogP contribution in [0.15, 0.2) is 94.7 Å². The topological polar surface area (TPSA) is 80.7 Å². The fraction of sp³-hybridized carbons (Fsp3) is 0.321. The van der Waals surface area contributed by atoms with Gasteiger partial charge in [0.05, 0.1) is 23.2 Å². The minimum atomic E-state index is -3.86. The minimum absolute atomic E-state index is 0.133. The van der Waals surface area contributed by atoms with E-state index < -0.39 is 27.0 Å². The lowest BCUT2D eigenvalue weighted by Crippen LogP contribution is -2.35. The van der Waals surface area contributed by atoms with Crippen LogP contribution in [-0.2, 0) is 21.1 Å². The lowest BCUT2D eigenvalue weighted by molar-refractivity contribution is -0.141. The number of sulfone groups is 1. The number of aliphatic carboxylic acids is 1. The number of carbonyl (C=O) groups is 1. The number of hydrogen-bond acceptors (Lipinski definition) is 5. The highest BCUT2D eigenvalue weighted by Crippen LogP contribution is 2.31. The molecule has 0 aliphatic heterocycles. The van der Waals surface area contributed by atoms with Crippen molar-refractivity contribution in [1.82, 2.24) is 0 Å². The molecule has 3 aromatic carbocycles. The zero-order valence-electron chi connectivity index (χ0n) is 19.9. The van der Waals surface area contributed by atoms with Crippen molar-refractivity contribution in [3.63, 3.8) is 0 Å². The summed E-state index contributed by atoms with van der Waals surface area (Å²) in [5.74, 6) is -0.976. The van der Waals surface area contributed by atoms with E-state index in [2.05, 4.69) is 0 Å². The van der Waals surface area contributed by atoms with Gasteiger partial charge in [-0.05, 0) is 73.4 Å². The van der Waals surface area contributed by atoms with Crippen LogP contribution in [0.2, 0.25) is 0 Å². The van der Waals surface area contributed by atoms with E-state index in [9.17, 15) is 18.3 Å². The number of ether oxygens (including phenoxy) is 1. The summed E-state index contributed by atoms with van der Waals surface area (Å²) in [6.45, 7) is 0. The number of carboxylic acids is 1. The Morgan fingerprint density at radius 1 is 0.886 bits per heavy atom. The van der Waals surface area contributed by atoms with E-state index in [1.54, 1.807) is 23.9 Å². The van der Waals surface area contributed by atoms with Crippen LogP contribution in [0.5, 0.6) is 5.75 Å². The average molecular weight is 513 g/mol. The van der Waals surface area contributed by atoms with Crippen molar-refractivity contribution in [3.05, 3.63) is 90.5 Å². The van der Waals surface area contributed by atoms with Crippen LogP contribution in [0.3, 0.4) is 0 Å². The third-order valence-electron chi connectivity index (χ3n) is 6.04. The lowest BCUT2D eigenvalue weighted by Gasteiger charge is -2.24. The summed E-state index contributed by atoms with van der Waals surface area (Å²) in [6.07, 6.45) is 2.83. The van der Waals surface area contributed by atoms with Crippen LogP contribution in [0.25, 0.3) is 0 Å². The van der Waals surface area contributed by atoms with E-state index in [4.69, 9.17) is 4.74 Å². The predicted molar refractivity (Wildman–Crippen MR) is 141 cm³/mol. The molecule has 186 valence electrons. The van der Waals surface area contributed by atoms with E-state index in [1.807, 2.05) is 60.7 Å². The fourth-order valence-electron chi connectivity index (χ4n) is 4.12. The molecule has 0 saturated heterocycles. The molecule has 0 amide bonds. The van der Waals surface area contributed by atoms with Gasteiger partial charge in [-0.25, -0.2) is 8.42 Å². The number of thioether (sulfide) groups is 1. The molecule has 0 aromatic heterocycles. The Morgan fingerprint density at radius 2 is 1.51 bits per heavy atom. The average Bonchev–Trinajstić information content (AvgIpc) is 2.88. The van der Waals surface area contributed by atoms with Crippen molar-refractivity contribution in [2.75, 3.05) is 12.9 Å². The number of rotatable bonds is 14. The lowest BCUT2D eigenvalue weighted by atomic mass is 9.97. The molecule has 35 heavy (non-hydrogen) atoms. The third-order valence-corrected chi connectivity index (χ3v) is 9.38. The van der Waals surface area contributed by atoms with Gasteiger partial charge < -0.3 is 9.84 Å². The maximum Gasteiger partial charge on any atom is 0.307 e. The van der Waals surface area contributed by atoms with Crippen LogP contribution < -0.4 is 4.74 Å². The molecule has 1 N–H and O–H groups in total. The Morgan fingerprint density at radius 3 is 2.11 bits per heavy atom. The monoisotopic (exact) mass is 512 g/mol. The molecule has 0 aliphatic carbocycles. The highest BCUT2D eigenvalue weighted by atomic mass is 32.2. The quantitative estimate of drug-likeness (QED) is 0.207. The maximum absolute atomic E-state index is 13.7. The van der Waals surface area contributed by atoms with Crippen LogP contribution in [-0.4, -0.2) is 37.6 Å². The van der Waals surface area contributed by atoms with Crippen molar-refractivity contribution >= 4 is 27.6 Å². The smallest absolute Gasteiger partial charge is 0.307 e. The zero-order valence-corrected chi connectivity index (χ0v) is 21.5. The molecule has 3 aromatic rings. The molecule has 0 fully saturated rings. The summed E-state index contributed by atoms with van der Waals surface area (Å²) in [5, 5.41) is 9.07. The Hall–Kier alpha value is -2.77. The van der Waals surface area contributed by atoms with Crippen molar-refractivity contribution in [3.8, 4) is 5.75 Å². The molecule has 0 spiro atoms. The first-order valence-corrected chi connectivity index (χ1v) is 14.3. The second kappa shape index (κ2) is 13.4. The Labute approximate surface area is 212 Å². The van der Waals surface area contributed by atoms with Gasteiger partial charge in [-0.1, -0.05) is 55.0 Å². The number of carboxylic acid groups (broad SMARTS) is 1. The van der Waals surface area contributed by atoms with Gasteiger partial charge in [0, 0.05) is 4.90 Å². The predicted octanol–water partition coefficient (Wildman–Crippen LogP) is 6.13. The molecule has 3 rings (SSSR count). The maximum atomic E-state index is 13.7. The molecule has 7 heteroatoms. The third kappa shape index (κ3) is 7.87. The number of methoxy groups -OCH3 is 1. The highest BCUT2D eigenvalue weighted by Gasteiger charge is 2.38. The number of unbranched alkanes of at least 4 members (excludes halogenated alkanes) is 1. The van der Waals surface area contributed by atoms with E-state index in [0.29, 0.717) is 24.3 Å². The zero-order chi connectivity index (χ0) is 25.1. The Balaban J connectivity index is 1.77. The van der Waals surface area contributed by atoms with Gasteiger partial charge in [-0.15, -0.1) is 11.8 Å². The van der Waals surface area contributed by atoms with E-state index in [1.165, 1.54) is 24.8 Å². The fourth-order valence-corrected chi connectivity index (χ4v) is 7.11. The number of hydrogen-bond donors (Lipinski definition) is 1. The van der Waals surface area contributed by atoms with Crippen molar-refractivity contribution in [2.24, 2.45) is 5.92 Å². The number of benzene rings is 3. The van der Waals surface area contributed by atoms with Gasteiger partial charge in [-0.2, -0.15) is 0 Å². The molecule has 5 nitrogen and oxygen atoms in total. The molecular formula is C28H32O5S2. The van der Waals surface area contributed by atoms with E-state index in [0.717, 1.165) is 17.7 Å². The largest absolute Gasteiger partial charge is 0.497 e. The second-order valence-corrected chi connectivity index (χ2v) is 11.7. The molecule has 2 atom stereocenters. The Bertz CT molecular complexity index is 1150. The van der Waals surface area contributed by atoms with Crippen molar-refractivity contribution in [2.45, 2.75) is 47.1 Å². The summed E-state index contributed by atoms with van der Waals surface area (Å²) in [4.78, 5) is 13.5. The first-order valence-electron chi connectivity index (χ1n) is 11.7. The SMILES string of the molecule is COc1ccc(S(=O)(=O)[C@H](CCCCc2ccccc2)C(CCSc2ccccc2)C(=O)O)cc1. The van der Waals surface area contributed by atoms with Gasteiger partial charge in [-0.3, -0.25) is 4.79 Å². The van der Waals surface area contributed by atoms with Gasteiger partial charge in [0.15, 0.2) is 9.84 Å². The molecule has 0 aliphatic rings. The van der Waals surface area contributed by atoms with Crippen LogP contribution in [0.4, 0.5) is 0 Å². The van der Waals surface area contributed by atoms with Gasteiger partial charge in [0.2, 0.25) is 0 Å². The molecule has 0 heterocycles. The Kier molecular flexibility index (Phi) is 10.2. The summed E-state index contributed by atoms with van der Waals surface area (Å²) in [6, 6.07) is 26.0. The highest BCUT2D eigenvalue weighted by molar-refractivity contribution is 7.99. The first-order chi connectivity index (χ1) is 16.9. The summed E-state index contributed by atoms with van der Waals surface area (Å²) in [7, 11) is -2.34. The molecule has 0 radical (unpaired) electrons.